The molecule has 1 aromatic rings. The second-order valence-corrected chi connectivity index (χ2v) is 16.4. The first-order valence-electron chi connectivity index (χ1n) is 15.9. The van der Waals surface area contributed by atoms with Crippen molar-refractivity contribution in [1.29, 1.82) is 0 Å². The first kappa shape index (κ1) is 27.6. The van der Waals surface area contributed by atoms with E-state index in [0.29, 0.717) is 28.2 Å². The van der Waals surface area contributed by atoms with Gasteiger partial charge in [0.05, 0.1) is 5.56 Å². The Morgan fingerprint density at radius 3 is 2.26 bits per heavy atom. The fourth-order valence-corrected chi connectivity index (χ4v) is 11.1. The Bertz CT molecular complexity index is 1160. The Hall–Kier alpha value is -1.61. The number of ether oxygens (including phenoxy) is 1. The molecule has 5 aliphatic rings. The zero-order valence-corrected chi connectivity index (χ0v) is 25.6. The van der Waals surface area contributed by atoms with Crippen molar-refractivity contribution < 1.29 is 14.6 Å². The van der Waals surface area contributed by atoms with Gasteiger partial charge >= 0.3 is 5.97 Å². The highest BCUT2D eigenvalue weighted by Gasteiger charge is 2.68. The van der Waals surface area contributed by atoms with E-state index in [-0.39, 0.29) is 28.1 Å². The molecular formula is C36H52O3. The number of hydrogen-bond acceptors (Lipinski definition) is 3. The molecule has 0 aliphatic heterocycles. The Morgan fingerprint density at radius 2 is 1.54 bits per heavy atom. The van der Waals surface area contributed by atoms with E-state index in [0.717, 1.165) is 32.1 Å². The van der Waals surface area contributed by atoms with Crippen LogP contribution in [-0.2, 0) is 4.74 Å². The molecule has 1 unspecified atom stereocenters. The lowest BCUT2D eigenvalue weighted by atomic mass is 9.34. The molecule has 214 valence electrons. The molecule has 0 bridgehead atoms. The average Bonchev–Trinajstić information content (AvgIpc) is 2.87. The van der Waals surface area contributed by atoms with Gasteiger partial charge in [-0.05, 0) is 128 Å². The summed E-state index contributed by atoms with van der Waals surface area (Å²) < 4.78 is 6.04. The maximum absolute atomic E-state index is 13.0. The molecule has 0 spiro atoms. The molecule has 0 saturated heterocycles. The van der Waals surface area contributed by atoms with Crippen molar-refractivity contribution >= 4 is 5.97 Å². The Balaban J connectivity index is 1.30. The molecule has 4 fully saturated rings. The predicted octanol–water partition coefficient (Wildman–Crippen LogP) is 8.76. The number of hydrogen-bond donors (Lipinski definition) is 1. The summed E-state index contributed by atoms with van der Waals surface area (Å²) in [5.41, 5.74) is 2.70. The van der Waals surface area contributed by atoms with Gasteiger partial charge in [-0.1, -0.05) is 71.4 Å². The van der Waals surface area contributed by atoms with Crippen LogP contribution in [0.15, 0.2) is 42.0 Å². The summed E-state index contributed by atoms with van der Waals surface area (Å²) in [7, 11) is 0. The second-order valence-electron chi connectivity index (χ2n) is 16.4. The summed E-state index contributed by atoms with van der Waals surface area (Å²) >= 11 is 0. The van der Waals surface area contributed by atoms with Crippen LogP contribution in [0.1, 0.15) is 123 Å². The minimum absolute atomic E-state index is 0.0315. The largest absolute Gasteiger partial charge is 0.456 e. The smallest absolute Gasteiger partial charge is 0.338 e. The maximum atomic E-state index is 13.0. The van der Waals surface area contributed by atoms with Gasteiger partial charge in [0, 0.05) is 0 Å². The Labute approximate surface area is 237 Å². The van der Waals surface area contributed by atoms with Gasteiger partial charge < -0.3 is 9.84 Å². The lowest BCUT2D eigenvalue weighted by molar-refractivity contribution is -0.233. The third-order valence-corrected chi connectivity index (χ3v) is 13.9. The molecule has 0 aromatic heterocycles. The van der Waals surface area contributed by atoms with Gasteiger partial charge in [0.15, 0.2) is 0 Å². The summed E-state index contributed by atoms with van der Waals surface area (Å²) in [6.07, 6.45) is 14.0. The molecule has 6 rings (SSSR count). The van der Waals surface area contributed by atoms with Crippen LogP contribution in [0.5, 0.6) is 0 Å². The summed E-state index contributed by atoms with van der Waals surface area (Å²) in [4.78, 5) is 13.0. The summed E-state index contributed by atoms with van der Waals surface area (Å²) in [6, 6.07) is 9.23. The van der Waals surface area contributed by atoms with Gasteiger partial charge in [-0.3, -0.25) is 0 Å². The van der Waals surface area contributed by atoms with Gasteiger partial charge in [-0.2, -0.15) is 0 Å². The highest BCUT2D eigenvalue weighted by atomic mass is 16.6. The summed E-state index contributed by atoms with van der Waals surface area (Å²) in [5, 5.41) is 12.1. The molecule has 1 aromatic carbocycles. The summed E-state index contributed by atoms with van der Waals surface area (Å²) in [5.74, 6) is 1.06. The molecule has 3 nitrogen and oxygen atoms in total. The van der Waals surface area contributed by atoms with Crippen LogP contribution < -0.4 is 0 Å². The van der Waals surface area contributed by atoms with Crippen LogP contribution in [0.4, 0.5) is 0 Å². The molecule has 0 heterocycles. The number of aliphatic hydroxyl groups is 1. The third kappa shape index (κ3) is 3.87. The lowest BCUT2D eigenvalue weighted by Gasteiger charge is -2.71. The van der Waals surface area contributed by atoms with Crippen molar-refractivity contribution in [3.63, 3.8) is 0 Å². The monoisotopic (exact) mass is 532 g/mol. The van der Waals surface area contributed by atoms with E-state index < -0.39 is 11.7 Å². The highest BCUT2D eigenvalue weighted by Crippen LogP contribution is 2.75. The molecule has 39 heavy (non-hydrogen) atoms. The molecule has 1 N–H and O–H groups in total. The first-order valence-corrected chi connectivity index (χ1v) is 15.9. The average molecular weight is 533 g/mol. The van der Waals surface area contributed by atoms with Crippen LogP contribution in [-0.4, -0.2) is 22.8 Å². The fourth-order valence-electron chi connectivity index (χ4n) is 11.1. The van der Waals surface area contributed by atoms with Crippen LogP contribution >= 0.6 is 0 Å². The van der Waals surface area contributed by atoms with Crippen LogP contribution in [0, 0.1) is 44.8 Å². The molecular weight excluding hydrogens is 480 g/mol. The molecule has 0 radical (unpaired) electrons. The molecule has 3 heteroatoms. The molecule has 9 atom stereocenters. The maximum Gasteiger partial charge on any atom is 0.338 e. The number of carbonyl (C=O) groups is 1. The van der Waals surface area contributed by atoms with Crippen LogP contribution in [0.3, 0.4) is 0 Å². The molecule has 5 aliphatic carbocycles. The van der Waals surface area contributed by atoms with Gasteiger partial charge in [0.25, 0.3) is 0 Å². The van der Waals surface area contributed by atoms with Crippen LogP contribution in [0.25, 0.3) is 0 Å². The van der Waals surface area contributed by atoms with Crippen molar-refractivity contribution in [2.75, 3.05) is 0 Å². The van der Waals surface area contributed by atoms with Gasteiger partial charge in [-0.15, -0.1) is 0 Å². The Kier molecular flexibility index (Phi) is 6.14. The summed E-state index contributed by atoms with van der Waals surface area (Å²) in [6.45, 7) is 17.3. The number of esters is 1. The number of benzene rings is 1. The molecule has 0 amide bonds. The van der Waals surface area contributed by atoms with E-state index in [1.807, 2.05) is 25.1 Å². The van der Waals surface area contributed by atoms with Gasteiger partial charge in [-0.25, -0.2) is 4.79 Å². The van der Waals surface area contributed by atoms with Crippen molar-refractivity contribution in [2.45, 2.75) is 124 Å². The first-order chi connectivity index (χ1) is 18.2. The highest BCUT2D eigenvalue weighted by molar-refractivity contribution is 5.89. The van der Waals surface area contributed by atoms with Crippen molar-refractivity contribution in [3.05, 3.63) is 47.5 Å². The van der Waals surface area contributed by atoms with Crippen molar-refractivity contribution in [3.8, 4) is 0 Å². The van der Waals surface area contributed by atoms with Crippen molar-refractivity contribution in [1.82, 2.24) is 0 Å². The van der Waals surface area contributed by atoms with Gasteiger partial charge in [0.1, 0.15) is 11.7 Å². The number of rotatable bonds is 2. The Morgan fingerprint density at radius 1 is 0.846 bits per heavy atom. The number of allylic oxidation sites excluding steroid dienone is 2. The van der Waals surface area contributed by atoms with E-state index in [1.165, 1.54) is 32.1 Å². The SMILES string of the molecule is CC1(C)CC[C@]2(C)CC[C@]3(C)C(=CC[C@@H]4[C@@]5(C)CC[C@H](OC(=O)c6ccccc6)[C@@](C)(O)C5CC[C@]43C)[C@H]2C1. The number of carbonyl (C=O) groups excluding carboxylic acids is 1. The predicted molar refractivity (Wildman–Crippen MR) is 157 cm³/mol. The number of fused-ring (bicyclic) bond motifs is 7. The quantitative estimate of drug-likeness (QED) is 0.306. The van der Waals surface area contributed by atoms with E-state index in [9.17, 15) is 9.90 Å². The van der Waals surface area contributed by atoms with E-state index in [4.69, 9.17) is 4.74 Å². The normalized spacial score (nSPS) is 48.5. The fraction of sp³-hybridized carbons (Fsp3) is 0.750. The zero-order valence-electron chi connectivity index (χ0n) is 25.6. The van der Waals surface area contributed by atoms with Crippen LogP contribution in [0.2, 0.25) is 0 Å². The lowest BCUT2D eigenvalue weighted by Crippen LogP contribution is -2.67. The minimum Gasteiger partial charge on any atom is -0.456 e. The standard InChI is InChI=1S/C36H52O3/c1-31(2)19-20-32(3)21-22-34(5)25(26(32)23-31)13-14-27-33(4)17-16-29(39-30(37)24-11-9-8-10-12-24)36(7,38)28(33)15-18-35(27,34)6/h8-13,26-29,38H,14-23H2,1-7H3/t26-,27-,28?,29+,32-,33-,34-,35-,36+/m1/s1. The van der Waals surface area contributed by atoms with E-state index in [1.54, 1.807) is 17.7 Å². The second kappa shape index (κ2) is 8.70. The zero-order chi connectivity index (χ0) is 28.1. The topological polar surface area (TPSA) is 46.5 Å². The van der Waals surface area contributed by atoms with E-state index >= 15 is 0 Å². The minimum atomic E-state index is -1.03. The van der Waals surface area contributed by atoms with E-state index in [2.05, 4.69) is 47.6 Å². The van der Waals surface area contributed by atoms with Gasteiger partial charge in [0.2, 0.25) is 0 Å². The third-order valence-electron chi connectivity index (χ3n) is 13.9. The van der Waals surface area contributed by atoms with Crippen molar-refractivity contribution in [2.24, 2.45) is 44.8 Å². The molecule has 4 saturated carbocycles.